The van der Waals surface area contributed by atoms with E-state index in [4.69, 9.17) is 10.5 Å². The Bertz CT molecular complexity index is 483. The molecular formula is C14H22ClNO2. The normalized spacial score (nSPS) is 20.0. The number of aromatic hydroxyl groups is 1. The fourth-order valence-corrected chi connectivity index (χ4v) is 2.76. The van der Waals surface area contributed by atoms with Gasteiger partial charge in [0.25, 0.3) is 0 Å². The lowest BCUT2D eigenvalue weighted by molar-refractivity contribution is 0.111. The molecule has 102 valence electrons. The van der Waals surface area contributed by atoms with Crippen LogP contribution in [0, 0.1) is 20.8 Å². The van der Waals surface area contributed by atoms with E-state index in [1.807, 2.05) is 20.8 Å². The molecular weight excluding hydrogens is 250 g/mol. The lowest BCUT2D eigenvalue weighted by Gasteiger charge is -2.25. The van der Waals surface area contributed by atoms with Crippen LogP contribution < -0.4 is 10.5 Å². The molecule has 0 aromatic heterocycles. The molecule has 1 aromatic rings. The second-order valence-electron chi connectivity index (χ2n) is 5.46. The summed E-state index contributed by atoms with van der Waals surface area (Å²) in [6, 6.07) is 0. The van der Waals surface area contributed by atoms with Crippen LogP contribution in [0.3, 0.4) is 0 Å². The van der Waals surface area contributed by atoms with Crippen molar-refractivity contribution >= 4 is 12.4 Å². The highest BCUT2D eigenvalue weighted by atomic mass is 35.5. The van der Waals surface area contributed by atoms with Crippen molar-refractivity contribution in [2.75, 3.05) is 6.54 Å². The van der Waals surface area contributed by atoms with Crippen LogP contribution >= 0.6 is 12.4 Å². The number of ether oxygens (including phenoxy) is 1. The third-order valence-corrected chi connectivity index (χ3v) is 4.05. The molecule has 0 amide bonds. The summed E-state index contributed by atoms with van der Waals surface area (Å²) < 4.78 is 6.05. The van der Waals surface area contributed by atoms with E-state index >= 15 is 0 Å². The Morgan fingerprint density at radius 1 is 1.17 bits per heavy atom. The highest BCUT2D eigenvalue weighted by Crippen LogP contribution is 2.50. The molecule has 1 aliphatic heterocycles. The van der Waals surface area contributed by atoms with E-state index in [-0.39, 0.29) is 23.9 Å². The van der Waals surface area contributed by atoms with Crippen molar-refractivity contribution in [3.63, 3.8) is 0 Å². The van der Waals surface area contributed by atoms with Crippen LogP contribution in [0.25, 0.3) is 0 Å². The molecule has 0 radical (unpaired) electrons. The van der Waals surface area contributed by atoms with Crippen LogP contribution in [0.15, 0.2) is 0 Å². The van der Waals surface area contributed by atoms with E-state index in [2.05, 4.69) is 13.8 Å². The van der Waals surface area contributed by atoms with Gasteiger partial charge in [-0.05, 0) is 51.3 Å². The van der Waals surface area contributed by atoms with Gasteiger partial charge in [-0.1, -0.05) is 0 Å². The molecule has 0 fully saturated rings. The maximum atomic E-state index is 10.1. The number of hydrogen-bond donors (Lipinski definition) is 2. The van der Waals surface area contributed by atoms with Crippen molar-refractivity contribution in [2.45, 2.75) is 46.1 Å². The second kappa shape index (κ2) is 4.63. The molecule has 0 saturated heterocycles. The highest BCUT2D eigenvalue weighted by molar-refractivity contribution is 5.85. The van der Waals surface area contributed by atoms with Gasteiger partial charge in [-0.2, -0.15) is 0 Å². The number of fused-ring (bicyclic) bond motifs is 1. The minimum absolute atomic E-state index is 0. The average molecular weight is 272 g/mol. The zero-order chi connectivity index (χ0) is 13.0. The summed E-state index contributed by atoms with van der Waals surface area (Å²) in [7, 11) is 0. The van der Waals surface area contributed by atoms with Crippen molar-refractivity contribution in [2.24, 2.45) is 5.73 Å². The van der Waals surface area contributed by atoms with E-state index in [0.29, 0.717) is 12.3 Å². The number of halogens is 1. The van der Waals surface area contributed by atoms with Crippen molar-refractivity contribution in [1.29, 1.82) is 0 Å². The topological polar surface area (TPSA) is 55.5 Å². The zero-order valence-electron chi connectivity index (χ0n) is 11.6. The van der Waals surface area contributed by atoms with Crippen LogP contribution in [0.2, 0.25) is 0 Å². The third kappa shape index (κ3) is 1.86. The minimum Gasteiger partial charge on any atom is -0.507 e. The summed E-state index contributed by atoms with van der Waals surface area (Å²) in [5.74, 6) is 1.43. The molecule has 4 heteroatoms. The molecule has 18 heavy (non-hydrogen) atoms. The fraction of sp³-hybridized carbons (Fsp3) is 0.571. The first-order valence-corrected chi connectivity index (χ1v) is 6.03. The van der Waals surface area contributed by atoms with Crippen molar-refractivity contribution in [3.05, 3.63) is 22.3 Å². The minimum atomic E-state index is -0.299. The summed E-state index contributed by atoms with van der Waals surface area (Å²) in [4.78, 5) is 0. The van der Waals surface area contributed by atoms with Crippen LogP contribution in [-0.4, -0.2) is 17.3 Å². The largest absolute Gasteiger partial charge is 0.507 e. The van der Waals surface area contributed by atoms with Gasteiger partial charge in [0.05, 0.1) is 0 Å². The van der Waals surface area contributed by atoms with Gasteiger partial charge in [0, 0.05) is 18.0 Å². The van der Waals surface area contributed by atoms with Crippen LogP contribution in [-0.2, 0) is 0 Å². The smallest absolute Gasteiger partial charge is 0.127 e. The molecule has 1 atom stereocenters. The van der Waals surface area contributed by atoms with Crippen molar-refractivity contribution in [1.82, 2.24) is 0 Å². The van der Waals surface area contributed by atoms with E-state index in [1.54, 1.807) is 0 Å². The first-order valence-electron chi connectivity index (χ1n) is 6.03. The molecule has 0 saturated carbocycles. The Labute approximate surface area is 115 Å². The Morgan fingerprint density at radius 2 is 1.72 bits per heavy atom. The molecule has 3 N–H and O–H groups in total. The number of nitrogens with two attached hydrogens (primary N) is 1. The summed E-state index contributed by atoms with van der Waals surface area (Å²) in [5, 5.41) is 10.1. The molecule has 1 heterocycles. The predicted octanol–water partition coefficient (Wildman–Crippen LogP) is 2.95. The van der Waals surface area contributed by atoms with Gasteiger partial charge < -0.3 is 15.6 Å². The maximum absolute atomic E-state index is 10.1. The fourth-order valence-electron chi connectivity index (χ4n) is 2.76. The van der Waals surface area contributed by atoms with E-state index in [0.717, 1.165) is 28.0 Å². The van der Waals surface area contributed by atoms with Gasteiger partial charge in [0.2, 0.25) is 0 Å². The van der Waals surface area contributed by atoms with Gasteiger partial charge in [0.15, 0.2) is 0 Å². The number of rotatable bonds is 1. The lowest BCUT2D eigenvalue weighted by Crippen LogP contribution is -2.34. The maximum Gasteiger partial charge on any atom is 0.127 e. The molecule has 1 unspecified atom stereocenters. The van der Waals surface area contributed by atoms with E-state index < -0.39 is 0 Å². The molecule has 0 aliphatic carbocycles. The van der Waals surface area contributed by atoms with Gasteiger partial charge >= 0.3 is 0 Å². The Morgan fingerprint density at radius 3 is 2.22 bits per heavy atom. The van der Waals surface area contributed by atoms with Crippen molar-refractivity contribution in [3.8, 4) is 11.5 Å². The molecule has 1 aliphatic rings. The zero-order valence-corrected chi connectivity index (χ0v) is 12.4. The molecule has 1 aromatic carbocycles. The SMILES string of the molecule is Cc1c(C)c2c(c(C)c1O)C(CN)C(C)(C)O2.Cl. The summed E-state index contributed by atoms with van der Waals surface area (Å²) >= 11 is 0. The number of phenols is 1. The highest BCUT2D eigenvalue weighted by Gasteiger charge is 2.43. The van der Waals surface area contributed by atoms with Gasteiger partial charge in [-0.25, -0.2) is 0 Å². The Balaban J connectivity index is 0.00000162. The standard InChI is InChI=1S/C14H21NO2.ClH/c1-7-8(2)13-11(9(3)12(7)16)10(6-15)14(4,5)17-13;/h10,16H,6,15H2,1-5H3;1H. The first kappa shape index (κ1) is 15.1. The van der Waals surface area contributed by atoms with Gasteiger partial charge in [-0.15, -0.1) is 12.4 Å². The monoisotopic (exact) mass is 271 g/mol. The summed E-state index contributed by atoms with van der Waals surface area (Å²) in [6.07, 6.45) is 0. The average Bonchev–Trinajstić information content (AvgIpc) is 2.54. The lowest BCUT2D eigenvalue weighted by atomic mass is 9.83. The third-order valence-electron chi connectivity index (χ3n) is 4.05. The summed E-state index contributed by atoms with van der Waals surface area (Å²) in [5.41, 5.74) is 9.48. The molecule has 0 bridgehead atoms. The Kier molecular flexibility index (Phi) is 3.89. The van der Waals surface area contributed by atoms with Gasteiger partial charge in [-0.3, -0.25) is 0 Å². The van der Waals surface area contributed by atoms with Crippen LogP contribution in [0.4, 0.5) is 0 Å². The molecule has 3 nitrogen and oxygen atoms in total. The first-order chi connectivity index (χ1) is 7.81. The molecule has 0 spiro atoms. The number of phenolic OH excluding ortho intramolecular Hbond substituents is 1. The number of hydrogen-bond acceptors (Lipinski definition) is 3. The van der Waals surface area contributed by atoms with Crippen LogP contribution in [0.1, 0.15) is 42.0 Å². The van der Waals surface area contributed by atoms with Crippen molar-refractivity contribution < 1.29 is 9.84 Å². The van der Waals surface area contributed by atoms with Crippen LogP contribution in [0.5, 0.6) is 11.5 Å². The van der Waals surface area contributed by atoms with E-state index in [1.165, 1.54) is 0 Å². The van der Waals surface area contributed by atoms with Gasteiger partial charge in [0.1, 0.15) is 17.1 Å². The second-order valence-corrected chi connectivity index (χ2v) is 5.46. The molecule has 2 rings (SSSR count). The summed E-state index contributed by atoms with van der Waals surface area (Å²) in [6.45, 7) is 10.5. The number of benzene rings is 1. The van der Waals surface area contributed by atoms with E-state index in [9.17, 15) is 5.11 Å². The Hall–Kier alpha value is -0.930. The predicted molar refractivity (Wildman–Crippen MR) is 76.1 cm³/mol. The quantitative estimate of drug-likeness (QED) is 0.826.